The Kier molecular flexibility index (Phi) is 5.44. The average molecular weight is 398 g/mol. The van der Waals surface area contributed by atoms with Crippen LogP contribution in [0.5, 0.6) is 0 Å². The number of ether oxygens (including phenoxy) is 1. The largest absolute Gasteiger partial charge is 0.462 e. The first kappa shape index (κ1) is 19.6. The van der Waals surface area contributed by atoms with Crippen LogP contribution < -0.4 is 0 Å². The fourth-order valence-corrected chi connectivity index (χ4v) is 3.48. The van der Waals surface area contributed by atoms with E-state index in [2.05, 4.69) is 9.55 Å². The third-order valence-corrected chi connectivity index (χ3v) is 5.04. The van der Waals surface area contributed by atoms with E-state index < -0.39 is 0 Å². The Morgan fingerprint density at radius 1 is 0.900 bits per heavy atom. The average Bonchev–Trinajstić information content (AvgIpc) is 3.09. The van der Waals surface area contributed by atoms with Crippen molar-refractivity contribution in [1.29, 1.82) is 0 Å². The van der Waals surface area contributed by atoms with Gasteiger partial charge in [0.25, 0.3) is 0 Å². The first-order valence-electron chi connectivity index (χ1n) is 9.89. The molecule has 0 amide bonds. The molecule has 0 atom stereocenters. The number of carbonyl (C=O) groups excluding carboxylic acids is 2. The van der Waals surface area contributed by atoms with Gasteiger partial charge in [-0.3, -0.25) is 4.79 Å². The van der Waals surface area contributed by atoms with Crippen LogP contribution in [0.1, 0.15) is 44.6 Å². The van der Waals surface area contributed by atoms with E-state index in [0.717, 1.165) is 22.4 Å². The zero-order valence-electron chi connectivity index (χ0n) is 17.0. The Balaban J connectivity index is 1.61. The van der Waals surface area contributed by atoms with Gasteiger partial charge in [-0.25, -0.2) is 9.78 Å². The van der Waals surface area contributed by atoms with Gasteiger partial charge in [-0.15, -0.1) is 0 Å². The molecule has 1 aromatic heterocycles. The molecule has 3 aromatic carbocycles. The Hall–Kier alpha value is -3.73. The van der Waals surface area contributed by atoms with Crippen LogP contribution in [0, 0.1) is 6.92 Å². The predicted octanol–water partition coefficient (Wildman–Crippen LogP) is 4.80. The molecule has 0 N–H and O–H groups in total. The number of ketones is 1. The summed E-state index contributed by atoms with van der Waals surface area (Å²) in [6, 6.07) is 22.3. The summed E-state index contributed by atoms with van der Waals surface area (Å²) < 4.78 is 7.17. The minimum atomic E-state index is -0.339. The molecule has 4 rings (SSSR count). The molecule has 0 spiro atoms. The molecule has 5 heteroatoms. The molecule has 30 heavy (non-hydrogen) atoms. The Morgan fingerprint density at radius 3 is 2.27 bits per heavy atom. The van der Waals surface area contributed by atoms with Crippen LogP contribution in [-0.2, 0) is 11.3 Å². The summed E-state index contributed by atoms with van der Waals surface area (Å²) in [4.78, 5) is 29.3. The van der Waals surface area contributed by atoms with Crippen LogP contribution >= 0.6 is 0 Å². The second kappa shape index (κ2) is 8.33. The number of nitrogens with zero attached hydrogens (tertiary/aromatic N) is 2. The van der Waals surface area contributed by atoms with Crippen LogP contribution in [0.3, 0.4) is 0 Å². The van der Waals surface area contributed by atoms with E-state index in [9.17, 15) is 9.59 Å². The Morgan fingerprint density at radius 2 is 1.57 bits per heavy atom. The van der Waals surface area contributed by atoms with Gasteiger partial charge < -0.3 is 9.30 Å². The van der Waals surface area contributed by atoms with E-state index in [0.29, 0.717) is 29.8 Å². The molecule has 5 nitrogen and oxygen atoms in total. The quantitative estimate of drug-likeness (QED) is 0.346. The second-order valence-corrected chi connectivity index (χ2v) is 7.06. The number of carbonyl (C=O) groups is 2. The molecule has 0 radical (unpaired) electrons. The number of aromatic nitrogens is 2. The van der Waals surface area contributed by atoms with Gasteiger partial charge in [0.05, 0.1) is 23.2 Å². The SMILES string of the molecule is CCOC(=O)c1ccc2nc(C)n(Cc3ccc(C(=O)c4ccccc4)cc3)c2c1. The van der Waals surface area contributed by atoms with Crippen molar-refractivity contribution >= 4 is 22.8 Å². The van der Waals surface area contributed by atoms with E-state index in [4.69, 9.17) is 4.74 Å². The summed E-state index contributed by atoms with van der Waals surface area (Å²) in [5.74, 6) is 0.523. The van der Waals surface area contributed by atoms with E-state index >= 15 is 0 Å². The van der Waals surface area contributed by atoms with Crippen molar-refractivity contribution in [3.05, 3.63) is 101 Å². The molecule has 0 aliphatic heterocycles. The molecular formula is C25H22N2O3. The first-order chi connectivity index (χ1) is 14.6. The van der Waals surface area contributed by atoms with Gasteiger partial charge in [-0.05, 0) is 37.6 Å². The van der Waals surface area contributed by atoms with Crippen LogP contribution in [0.15, 0.2) is 72.8 Å². The Bertz CT molecular complexity index is 1210. The summed E-state index contributed by atoms with van der Waals surface area (Å²) in [5.41, 5.74) is 4.59. The minimum absolute atomic E-state index is 0.00508. The highest BCUT2D eigenvalue weighted by atomic mass is 16.5. The Labute approximate surface area is 174 Å². The highest BCUT2D eigenvalue weighted by Gasteiger charge is 2.13. The third kappa shape index (κ3) is 3.87. The monoisotopic (exact) mass is 398 g/mol. The van der Waals surface area contributed by atoms with Crippen LogP contribution in [0.25, 0.3) is 11.0 Å². The second-order valence-electron chi connectivity index (χ2n) is 7.06. The van der Waals surface area contributed by atoms with Gasteiger partial charge in [0.2, 0.25) is 0 Å². The molecule has 0 aliphatic carbocycles. The molecule has 0 bridgehead atoms. The van der Waals surface area contributed by atoms with E-state index in [1.54, 1.807) is 13.0 Å². The van der Waals surface area contributed by atoms with E-state index in [1.807, 2.05) is 73.7 Å². The molecule has 0 saturated carbocycles. The number of imidazole rings is 1. The van der Waals surface area contributed by atoms with Crippen LogP contribution in [-0.4, -0.2) is 27.9 Å². The predicted molar refractivity (Wildman–Crippen MR) is 116 cm³/mol. The molecule has 150 valence electrons. The maximum atomic E-state index is 12.6. The molecule has 0 aliphatic rings. The summed E-state index contributed by atoms with van der Waals surface area (Å²) in [6.07, 6.45) is 0. The normalized spacial score (nSPS) is 10.9. The maximum Gasteiger partial charge on any atom is 0.338 e. The van der Waals surface area contributed by atoms with Crippen molar-refractivity contribution in [2.75, 3.05) is 6.61 Å². The topological polar surface area (TPSA) is 61.2 Å². The smallest absolute Gasteiger partial charge is 0.338 e. The number of aryl methyl sites for hydroxylation is 1. The molecule has 0 fully saturated rings. The van der Waals surface area contributed by atoms with Gasteiger partial charge in [0.15, 0.2) is 5.78 Å². The summed E-state index contributed by atoms with van der Waals surface area (Å²) >= 11 is 0. The van der Waals surface area contributed by atoms with E-state index in [1.165, 1.54) is 0 Å². The van der Waals surface area contributed by atoms with Crippen molar-refractivity contribution in [3.63, 3.8) is 0 Å². The zero-order valence-corrected chi connectivity index (χ0v) is 17.0. The number of fused-ring (bicyclic) bond motifs is 1. The molecule has 0 unspecified atom stereocenters. The fourth-order valence-electron chi connectivity index (χ4n) is 3.48. The number of benzene rings is 3. The highest BCUT2D eigenvalue weighted by molar-refractivity contribution is 6.08. The third-order valence-electron chi connectivity index (χ3n) is 5.04. The molecule has 4 aromatic rings. The van der Waals surface area contributed by atoms with Crippen molar-refractivity contribution in [2.24, 2.45) is 0 Å². The lowest BCUT2D eigenvalue weighted by atomic mass is 10.0. The van der Waals surface area contributed by atoms with Gasteiger partial charge in [-0.1, -0.05) is 54.6 Å². The highest BCUT2D eigenvalue weighted by Crippen LogP contribution is 2.21. The van der Waals surface area contributed by atoms with Crippen LogP contribution in [0.4, 0.5) is 0 Å². The van der Waals surface area contributed by atoms with Crippen molar-refractivity contribution in [2.45, 2.75) is 20.4 Å². The zero-order chi connectivity index (χ0) is 21.1. The number of esters is 1. The number of hydrogen-bond acceptors (Lipinski definition) is 4. The fraction of sp³-hybridized carbons (Fsp3) is 0.160. The first-order valence-corrected chi connectivity index (χ1v) is 9.89. The lowest BCUT2D eigenvalue weighted by Crippen LogP contribution is -2.06. The van der Waals surface area contributed by atoms with Gasteiger partial charge in [0, 0.05) is 17.7 Å². The summed E-state index contributed by atoms with van der Waals surface area (Å²) in [6.45, 7) is 4.66. The molecule has 1 heterocycles. The van der Waals surface area contributed by atoms with E-state index in [-0.39, 0.29) is 11.8 Å². The van der Waals surface area contributed by atoms with Crippen molar-refractivity contribution < 1.29 is 14.3 Å². The number of hydrogen-bond donors (Lipinski definition) is 0. The minimum Gasteiger partial charge on any atom is -0.462 e. The lowest BCUT2D eigenvalue weighted by Gasteiger charge is -2.09. The van der Waals surface area contributed by atoms with Gasteiger partial charge in [0.1, 0.15) is 5.82 Å². The van der Waals surface area contributed by atoms with Crippen molar-refractivity contribution in [1.82, 2.24) is 9.55 Å². The molecule has 0 saturated heterocycles. The number of rotatable bonds is 6. The standard InChI is InChI=1S/C25H22N2O3/c1-3-30-25(29)21-13-14-22-23(15-21)27(17(2)26-22)16-18-9-11-20(12-10-18)24(28)19-7-5-4-6-8-19/h4-15H,3,16H2,1-2H3. The van der Waals surface area contributed by atoms with Crippen LogP contribution in [0.2, 0.25) is 0 Å². The van der Waals surface area contributed by atoms with Crippen molar-refractivity contribution in [3.8, 4) is 0 Å². The maximum absolute atomic E-state index is 12.6. The summed E-state index contributed by atoms with van der Waals surface area (Å²) in [5, 5.41) is 0. The van der Waals surface area contributed by atoms with Gasteiger partial charge >= 0.3 is 5.97 Å². The lowest BCUT2D eigenvalue weighted by molar-refractivity contribution is 0.0526. The molecular weight excluding hydrogens is 376 g/mol. The van der Waals surface area contributed by atoms with Gasteiger partial charge in [-0.2, -0.15) is 0 Å². The summed E-state index contributed by atoms with van der Waals surface area (Å²) in [7, 11) is 0.